The number of furan rings is 1. The molecule has 1 amide bonds. The monoisotopic (exact) mass is 334 g/mol. The van der Waals surface area contributed by atoms with E-state index in [0.29, 0.717) is 18.0 Å². The van der Waals surface area contributed by atoms with Gasteiger partial charge in [-0.1, -0.05) is 6.92 Å². The van der Waals surface area contributed by atoms with E-state index in [1.807, 2.05) is 6.92 Å². The second-order valence-electron chi connectivity index (χ2n) is 4.76. The van der Waals surface area contributed by atoms with E-state index in [1.54, 1.807) is 30.3 Å². The third kappa shape index (κ3) is 5.08. The van der Waals surface area contributed by atoms with Crippen molar-refractivity contribution in [2.75, 3.05) is 11.9 Å². The number of carbonyl (C=O) groups is 1. The highest BCUT2D eigenvalue weighted by molar-refractivity contribution is 7.89. The molecular formula is C16H18N2O4S. The predicted octanol–water partition coefficient (Wildman–Crippen LogP) is 2.62. The van der Waals surface area contributed by atoms with Crippen molar-refractivity contribution >= 4 is 27.7 Å². The Morgan fingerprint density at radius 1 is 1.22 bits per heavy atom. The molecule has 0 aliphatic heterocycles. The maximum atomic E-state index is 11.9. The molecule has 2 N–H and O–H groups in total. The standard InChI is InChI=1S/C16H18N2O4S/c1-2-11-17-23(20,21)15-8-5-13(6-9-15)18-16(19)10-7-14-4-3-12-22-14/h3-10,12,17H,2,11H2,1H3,(H,18,19). The zero-order valence-corrected chi connectivity index (χ0v) is 13.5. The molecule has 0 aliphatic carbocycles. The van der Waals surface area contributed by atoms with Gasteiger partial charge in [-0.25, -0.2) is 13.1 Å². The van der Waals surface area contributed by atoms with Crippen LogP contribution in [0.5, 0.6) is 0 Å². The molecule has 0 aliphatic rings. The highest BCUT2D eigenvalue weighted by Gasteiger charge is 2.12. The van der Waals surface area contributed by atoms with Gasteiger partial charge in [-0.2, -0.15) is 0 Å². The van der Waals surface area contributed by atoms with E-state index in [9.17, 15) is 13.2 Å². The fraction of sp³-hybridized carbons (Fsp3) is 0.188. The highest BCUT2D eigenvalue weighted by Crippen LogP contribution is 2.14. The first-order valence-corrected chi connectivity index (χ1v) is 8.62. The smallest absolute Gasteiger partial charge is 0.248 e. The molecule has 0 saturated heterocycles. The fourth-order valence-corrected chi connectivity index (χ4v) is 2.90. The Morgan fingerprint density at radius 2 is 1.96 bits per heavy atom. The maximum Gasteiger partial charge on any atom is 0.248 e. The summed E-state index contributed by atoms with van der Waals surface area (Å²) >= 11 is 0. The Morgan fingerprint density at radius 3 is 2.57 bits per heavy atom. The quantitative estimate of drug-likeness (QED) is 0.762. The molecular weight excluding hydrogens is 316 g/mol. The first-order chi connectivity index (χ1) is 11.0. The number of hydrogen-bond acceptors (Lipinski definition) is 4. The minimum atomic E-state index is -3.50. The Kier molecular flexibility index (Phi) is 5.72. The van der Waals surface area contributed by atoms with Crippen molar-refractivity contribution in [2.45, 2.75) is 18.2 Å². The molecule has 122 valence electrons. The third-order valence-corrected chi connectivity index (χ3v) is 4.39. The molecule has 7 heteroatoms. The summed E-state index contributed by atoms with van der Waals surface area (Å²) in [5.74, 6) is 0.240. The number of hydrogen-bond donors (Lipinski definition) is 2. The topological polar surface area (TPSA) is 88.4 Å². The number of sulfonamides is 1. The molecule has 0 radical (unpaired) electrons. The summed E-state index contributed by atoms with van der Waals surface area (Å²) in [6, 6.07) is 9.43. The van der Waals surface area contributed by atoms with Gasteiger partial charge in [-0.3, -0.25) is 4.79 Å². The van der Waals surface area contributed by atoms with Gasteiger partial charge in [0.25, 0.3) is 0 Å². The van der Waals surface area contributed by atoms with Gasteiger partial charge in [0.1, 0.15) is 5.76 Å². The van der Waals surface area contributed by atoms with Crippen LogP contribution >= 0.6 is 0 Å². The minimum Gasteiger partial charge on any atom is -0.465 e. The van der Waals surface area contributed by atoms with E-state index in [1.165, 1.54) is 24.5 Å². The first kappa shape index (κ1) is 17.0. The van der Waals surface area contributed by atoms with Crippen molar-refractivity contribution in [3.63, 3.8) is 0 Å². The van der Waals surface area contributed by atoms with Crippen LogP contribution in [-0.4, -0.2) is 20.9 Å². The number of rotatable bonds is 7. The van der Waals surface area contributed by atoms with E-state index in [-0.39, 0.29) is 10.8 Å². The fourth-order valence-electron chi connectivity index (χ4n) is 1.77. The lowest BCUT2D eigenvalue weighted by molar-refractivity contribution is -0.111. The van der Waals surface area contributed by atoms with Crippen LogP contribution in [0.2, 0.25) is 0 Å². The van der Waals surface area contributed by atoms with Gasteiger partial charge in [0.05, 0.1) is 11.2 Å². The Labute approximate surface area is 135 Å². The molecule has 1 aromatic carbocycles. The maximum absolute atomic E-state index is 11.9. The van der Waals surface area contributed by atoms with Crippen molar-refractivity contribution in [2.24, 2.45) is 0 Å². The first-order valence-electron chi connectivity index (χ1n) is 7.13. The molecule has 6 nitrogen and oxygen atoms in total. The van der Waals surface area contributed by atoms with Gasteiger partial charge in [0.15, 0.2) is 0 Å². The van der Waals surface area contributed by atoms with Gasteiger partial charge >= 0.3 is 0 Å². The summed E-state index contributed by atoms with van der Waals surface area (Å²) < 4.78 is 31.4. The van der Waals surface area contributed by atoms with Gasteiger partial charge in [-0.05, 0) is 48.9 Å². The van der Waals surface area contributed by atoms with Crippen molar-refractivity contribution in [3.05, 3.63) is 54.5 Å². The molecule has 2 rings (SSSR count). The lowest BCUT2D eigenvalue weighted by Crippen LogP contribution is -2.24. The molecule has 0 atom stereocenters. The van der Waals surface area contributed by atoms with E-state index >= 15 is 0 Å². The molecule has 0 spiro atoms. The molecule has 23 heavy (non-hydrogen) atoms. The lowest BCUT2D eigenvalue weighted by Gasteiger charge is -2.07. The Hall–Kier alpha value is -2.38. The van der Waals surface area contributed by atoms with Crippen LogP contribution in [0.15, 0.2) is 58.1 Å². The van der Waals surface area contributed by atoms with E-state index in [0.717, 1.165) is 6.42 Å². The summed E-state index contributed by atoms with van der Waals surface area (Å²) in [6.45, 7) is 2.27. The van der Waals surface area contributed by atoms with E-state index in [2.05, 4.69) is 10.0 Å². The summed E-state index contributed by atoms with van der Waals surface area (Å²) in [7, 11) is -3.50. The molecule has 0 unspecified atom stereocenters. The van der Waals surface area contributed by atoms with Gasteiger partial charge in [0.2, 0.25) is 15.9 Å². The Balaban J connectivity index is 1.98. The summed E-state index contributed by atoms with van der Waals surface area (Å²) in [4.78, 5) is 11.9. The van der Waals surface area contributed by atoms with Crippen molar-refractivity contribution < 1.29 is 17.6 Å². The molecule has 0 bridgehead atoms. The number of carbonyl (C=O) groups excluding carboxylic acids is 1. The molecule has 1 heterocycles. The van der Waals surface area contributed by atoms with Gasteiger partial charge < -0.3 is 9.73 Å². The van der Waals surface area contributed by atoms with E-state index in [4.69, 9.17) is 4.42 Å². The molecule has 2 aromatic rings. The SMILES string of the molecule is CCCNS(=O)(=O)c1ccc(NC(=O)C=Cc2ccco2)cc1. The van der Waals surface area contributed by atoms with Gasteiger partial charge in [-0.15, -0.1) is 0 Å². The molecule has 0 saturated carbocycles. The predicted molar refractivity (Wildman–Crippen MR) is 88.3 cm³/mol. The average Bonchev–Trinajstić information content (AvgIpc) is 3.05. The number of anilines is 1. The zero-order chi connectivity index (χ0) is 16.7. The van der Waals surface area contributed by atoms with Crippen molar-refractivity contribution in [1.29, 1.82) is 0 Å². The summed E-state index contributed by atoms with van der Waals surface area (Å²) in [6.07, 6.45) is 5.12. The summed E-state index contributed by atoms with van der Waals surface area (Å²) in [5.41, 5.74) is 0.508. The van der Waals surface area contributed by atoms with Gasteiger partial charge in [0, 0.05) is 18.3 Å². The van der Waals surface area contributed by atoms with Crippen molar-refractivity contribution in [3.8, 4) is 0 Å². The number of amides is 1. The van der Waals surface area contributed by atoms with Crippen LogP contribution in [0.1, 0.15) is 19.1 Å². The average molecular weight is 334 g/mol. The zero-order valence-electron chi connectivity index (χ0n) is 12.7. The van der Waals surface area contributed by atoms with Crippen LogP contribution in [0, 0.1) is 0 Å². The largest absolute Gasteiger partial charge is 0.465 e. The van der Waals surface area contributed by atoms with Crippen molar-refractivity contribution in [1.82, 2.24) is 4.72 Å². The Bertz CT molecular complexity index is 763. The number of benzene rings is 1. The second kappa shape index (κ2) is 7.75. The van der Waals surface area contributed by atoms with Crippen LogP contribution in [0.25, 0.3) is 6.08 Å². The highest BCUT2D eigenvalue weighted by atomic mass is 32.2. The van der Waals surface area contributed by atoms with Crippen LogP contribution < -0.4 is 10.0 Å². The summed E-state index contributed by atoms with van der Waals surface area (Å²) in [5, 5.41) is 2.64. The normalized spacial score (nSPS) is 11.7. The van der Waals surface area contributed by atoms with Crippen LogP contribution in [-0.2, 0) is 14.8 Å². The van der Waals surface area contributed by atoms with E-state index < -0.39 is 10.0 Å². The minimum absolute atomic E-state index is 0.162. The number of nitrogens with one attached hydrogen (secondary N) is 2. The van der Waals surface area contributed by atoms with Crippen LogP contribution in [0.3, 0.4) is 0 Å². The third-order valence-electron chi connectivity index (χ3n) is 2.92. The molecule has 0 fully saturated rings. The lowest BCUT2D eigenvalue weighted by atomic mass is 10.3. The van der Waals surface area contributed by atoms with Crippen LogP contribution in [0.4, 0.5) is 5.69 Å². The second-order valence-corrected chi connectivity index (χ2v) is 6.53. The molecule has 1 aromatic heterocycles.